The van der Waals surface area contributed by atoms with Crippen LogP contribution in [0, 0.1) is 5.92 Å². The van der Waals surface area contributed by atoms with Crippen molar-refractivity contribution in [3.05, 3.63) is 87.0 Å². The van der Waals surface area contributed by atoms with Crippen LogP contribution in [0.1, 0.15) is 22.6 Å². The number of methoxy groups -OCH3 is 1. The summed E-state index contributed by atoms with van der Waals surface area (Å²) in [6.07, 6.45) is -1.62. The van der Waals surface area contributed by atoms with Crippen molar-refractivity contribution in [2.24, 2.45) is 11.7 Å². The number of aliphatic hydroxyl groups is 2. The Labute approximate surface area is 203 Å². The molecule has 1 aliphatic carbocycles. The molecule has 5 atom stereocenters. The number of carbonyl (C=O) groups is 1. The van der Waals surface area contributed by atoms with Gasteiger partial charge in [-0.15, -0.1) is 0 Å². The zero-order valence-corrected chi connectivity index (χ0v) is 19.7. The van der Waals surface area contributed by atoms with Crippen LogP contribution in [-0.2, 0) is 16.0 Å². The van der Waals surface area contributed by atoms with Gasteiger partial charge in [-0.2, -0.15) is 0 Å². The summed E-state index contributed by atoms with van der Waals surface area (Å²) in [6.45, 7) is 0. The molecule has 1 aromatic heterocycles. The van der Waals surface area contributed by atoms with E-state index in [2.05, 4.69) is 20.9 Å². The number of nitrogens with two attached hydrogens (primary N) is 1. The van der Waals surface area contributed by atoms with Gasteiger partial charge in [-0.05, 0) is 23.3 Å². The average molecular weight is 532 g/mol. The number of aliphatic hydroxyl groups excluding tert-OH is 1. The summed E-state index contributed by atoms with van der Waals surface area (Å²) in [6, 6.07) is 17.7. The van der Waals surface area contributed by atoms with Gasteiger partial charge in [0.1, 0.15) is 17.0 Å². The summed E-state index contributed by atoms with van der Waals surface area (Å²) in [4.78, 5) is 16.9. The molecule has 5 rings (SSSR count). The zero-order chi connectivity index (χ0) is 23.5. The van der Waals surface area contributed by atoms with Crippen LogP contribution in [0.25, 0.3) is 0 Å². The molecule has 0 saturated heterocycles. The van der Waals surface area contributed by atoms with Crippen molar-refractivity contribution < 1.29 is 24.5 Å². The van der Waals surface area contributed by atoms with E-state index in [1.54, 1.807) is 24.3 Å². The third kappa shape index (κ3) is 2.88. The van der Waals surface area contributed by atoms with E-state index in [-0.39, 0.29) is 22.3 Å². The van der Waals surface area contributed by atoms with Crippen LogP contribution in [0.4, 0.5) is 0 Å². The molecule has 2 heterocycles. The van der Waals surface area contributed by atoms with E-state index in [0.717, 1.165) is 4.47 Å². The van der Waals surface area contributed by atoms with Gasteiger partial charge < -0.3 is 25.4 Å². The molecule has 4 N–H and O–H groups in total. The maximum atomic E-state index is 12.7. The molecule has 3 aromatic rings. The number of carbonyl (C=O) groups excluding carboxylic acids is 1. The van der Waals surface area contributed by atoms with Gasteiger partial charge >= 0.3 is 0 Å². The number of aromatic nitrogens is 1. The van der Waals surface area contributed by atoms with Crippen LogP contribution in [0.3, 0.4) is 0 Å². The van der Waals surface area contributed by atoms with Crippen LogP contribution in [0.15, 0.2) is 65.1 Å². The highest BCUT2D eigenvalue weighted by molar-refractivity contribution is 9.10. The fourth-order valence-corrected chi connectivity index (χ4v) is 5.87. The third-order valence-electron chi connectivity index (χ3n) is 6.66. The topological polar surface area (TPSA) is 115 Å². The maximum absolute atomic E-state index is 12.7. The molecule has 2 aromatic carbocycles. The largest absolute Gasteiger partial charge is 0.481 e. The number of benzene rings is 2. The number of hydrogen-bond donors (Lipinski definition) is 3. The molecule has 2 aliphatic rings. The van der Waals surface area contributed by atoms with E-state index in [1.165, 1.54) is 13.2 Å². The van der Waals surface area contributed by atoms with Crippen molar-refractivity contribution in [2.45, 2.75) is 23.2 Å². The molecular formula is C24H20BrClN2O5. The van der Waals surface area contributed by atoms with Gasteiger partial charge in [0.05, 0.1) is 18.6 Å². The van der Waals surface area contributed by atoms with Gasteiger partial charge in [0.25, 0.3) is 0 Å². The highest BCUT2D eigenvalue weighted by atomic mass is 79.9. The lowest BCUT2D eigenvalue weighted by Crippen LogP contribution is -2.52. The number of ether oxygens (including phenoxy) is 2. The second-order valence-corrected chi connectivity index (χ2v) is 9.50. The van der Waals surface area contributed by atoms with Crippen molar-refractivity contribution in [1.29, 1.82) is 0 Å². The van der Waals surface area contributed by atoms with Gasteiger partial charge in [-0.3, -0.25) is 4.79 Å². The minimum absolute atomic E-state index is 0.00466. The Morgan fingerprint density at radius 1 is 1.21 bits per heavy atom. The Bertz CT molecular complexity index is 1240. The molecule has 0 spiro atoms. The normalized spacial score (nSPS) is 29.8. The first kappa shape index (κ1) is 22.2. The van der Waals surface area contributed by atoms with Gasteiger partial charge in [-0.1, -0.05) is 70.0 Å². The number of primary amides is 1. The van der Waals surface area contributed by atoms with Gasteiger partial charge in [0.2, 0.25) is 11.8 Å². The lowest BCUT2D eigenvalue weighted by Gasteiger charge is -2.40. The van der Waals surface area contributed by atoms with E-state index >= 15 is 0 Å². The van der Waals surface area contributed by atoms with Gasteiger partial charge in [0, 0.05) is 16.5 Å². The Morgan fingerprint density at radius 2 is 1.88 bits per heavy atom. The predicted octanol–water partition coefficient (Wildman–Crippen LogP) is 3.24. The first-order valence-corrected chi connectivity index (χ1v) is 11.4. The van der Waals surface area contributed by atoms with Crippen LogP contribution < -0.4 is 15.2 Å². The molecule has 0 radical (unpaired) electrons. The van der Waals surface area contributed by atoms with E-state index in [4.69, 9.17) is 26.8 Å². The molecule has 1 amide bonds. The number of halogens is 2. The first-order valence-electron chi connectivity index (χ1n) is 10.2. The zero-order valence-electron chi connectivity index (χ0n) is 17.4. The highest BCUT2D eigenvalue weighted by Gasteiger charge is 2.78. The molecule has 170 valence electrons. The van der Waals surface area contributed by atoms with Gasteiger partial charge in [0.15, 0.2) is 11.2 Å². The van der Waals surface area contributed by atoms with E-state index in [1.807, 2.05) is 30.3 Å². The fraction of sp³-hybridized carbons (Fsp3) is 0.250. The molecule has 1 aliphatic heterocycles. The lowest BCUT2D eigenvalue weighted by atomic mass is 9.71. The van der Waals surface area contributed by atoms with Crippen molar-refractivity contribution in [3.63, 3.8) is 0 Å². The fourth-order valence-electron chi connectivity index (χ4n) is 5.43. The molecular weight excluding hydrogens is 512 g/mol. The second-order valence-electron chi connectivity index (χ2n) is 8.20. The van der Waals surface area contributed by atoms with Crippen molar-refractivity contribution >= 4 is 33.4 Å². The number of rotatable bonds is 4. The summed E-state index contributed by atoms with van der Waals surface area (Å²) in [7, 11) is 1.38. The Balaban J connectivity index is 1.90. The molecule has 1 fully saturated rings. The Kier molecular flexibility index (Phi) is 5.17. The standard InChI is InChI=1S/C24H20BrClN2O5/c1-32-22-19-15(11-16(26)28-22)33-24(13-7-9-14(25)10-8-13)18(12-5-3-2-4-6-12)17(21(27)30)20(29)23(19,24)31/h2-11,17-18,20,29,31H,1H3,(H2,27,30)/t17-,18-,20-,23+,24+/m1/s1. The Morgan fingerprint density at radius 3 is 2.48 bits per heavy atom. The summed E-state index contributed by atoms with van der Waals surface area (Å²) in [5, 5.41) is 24.1. The number of fused-ring (bicyclic) bond motifs is 3. The summed E-state index contributed by atoms with van der Waals surface area (Å²) >= 11 is 9.63. The summed E-state index contributed by atoms with van der Waals surface area (Å²) in [5.41, 5.74) is 3.39. The Hall–Kier alpha value is -2.65. The average Bonchev–Trinajstić information content (AvgIpc) is 3.17. The van der Waals surface area contributed by atoms with Crippen LogP contribution in [0.2, 0.25) is 5.15 Å². The second kappa shape index (κ2) is 7.70. The highest BCUT2D eigenvalue weighted by Crippen LogP contribution is 2.69. The number of pyridine rings is 1. The van der Waals surface area contributed by atoms with E-state index in [9.17, 15) is 15.0 Å². The van der Waals surface area contributed by atoms with Crippen molar-refractivity contribution in [3.8, 4) is 11.6 Å². The molecule has 0 bridgehead atoms. The number of amides is 1. The maximum Gasteiger partial charge on any atom is 0.224 e. The number of nitrogens with zero attached hydrogens (tertiary/aromatic N) is 1. The molecule has 0 unspecified atom stereocenters. The minimum Gasteiger partial charge on any atom is -0.481 e. The number of hydrogen-bond acceptors (Lipinski definition) is 6. The summed E-state index contributed by atoms with van der Waals surface area (Å²) in [5.74, 6) is -2.57. The van der Waals surface area contributed by atoms with Crippen LogP contribution in [0.5, 0.6) is 11.6 Å². The lowest BCUT2D eigenvalue weighted by molar-refractivity contribution is -0.154. The van der Waals surface area contributed by atoms with Crippen molar-refractivity contribution in [2.75, 3.05) is 7.11 Å². The van der Waals surface area contributed by atoms with Crippen LogP contribution >= 0.6 is 27.5 Å². The predicted molar refractivity (Wildman–Crippen MR) is 124 cm³/mol. The molecule has 7 nitrogen and oxygen atoms in total. The summed E-state index contributed by atoms with van der Waals surface area (Å²) < 4.78 is 12.8. The van der Waals surface area contributed by atoms with Gasteiger partial charge in [-0.25, -0.2) is 4.98 Å². The first-order chi connectivity index (χ1) is 15.8. The molecule has 9 heteroatoms. The third-order valence-corrected chi connectivity index (χ3v) is 7.38. The van der Waals surface area contributed by atoms with E-state index in [0.29, 0.717) is 11.1 Å². The quantitative estimate of drug-likeness (QED) is 0.445. The molecule has 33 heavy (non-hydrogen) atoms. The molecule has 1 saturated carbocycles. The van der Waals surface area contributed by atoms with Crippen molar-refractivity contribution in [1.82, 2.24) is 4.98 Å². The minimum atomic E-state index is -2.13. The van der Waals surface area contributed by atoms with Crippen LogP contribution in [-0.4, -0.2) is 34.3 Å². The van der Waals surface area contributed by atoms with E-state index < -0.39 is 35.0 Å². The monoisotopic (exact) mass is 530 g/mol. The SMILES string of the molecule is COc1nc(Cl)cc2c1[C@]1(O)[C@H](O)[C@H](C(N)=O)[C@@H](c3ccccc3)[C@]1(c1ccc(Br)cc1)O2. The smallest absolute Gasteiger partial charge is 0.224 e.